The molecule has 0 saturated carbocycles. The summed E-state index contributed by atoms with van der Waals surface area (Å²) in [6.07, 6.45) is 1.05. The maximum atomic E-state index is 5.85. The summed E-state index contributed by atoms with van der Waals surface area (Å²) in [7, 11) is 0. The van der Waals surface area contributed by atoms with Crippen LogP contribution in [0.25, 0.3) is 0 Å². The third kappa shape index (κ3) is 2.77. The van der Waals surface area contributed by atoms with Crippen molar-refractivity contribution in [3.05, 3.63) is 0 Å². The van der Waals surface area contributed by atoms with Gasteiger partial charge in [0, 0.05) is 24.7 Å². The van der Waals surface area contributed by atoms with Crippen molar-refractivity contribution in [2.45, 2.75) is 38.8 Å². The highest BCUT2D eigenvalue weighted by Gasteiger charge is 2.24. The predicted octanol–water partition coefficient (Wildman–Crippen LogP) is 0.323. The lowest BCUT2D eigenvalue weighted by molar-refractivity contribution is 0.0303. The highest BCUT2D eigenvalue weighted by Crippen LogP contribution is 2.09. The van der Waals surface area contributed by atoms with Crippen molar-refractivity contribution in [3.8, 4) is 0 Å². The minimum Gasteiger partial charge on any atom is -0.326 e. The van der Waals surface area contributed by atoms with Crippen molar-refractivity contribution in [2.24, 2.45) is 5.73 Å². The Morgan fingerprint density at radius 3 is 2.55 bits per heavy atom. The standard InChI is InChI=1S/C8H19N3/c1-7-6-10-11(7)5-4-8(2,3)9/h7,10H,4-6,9H2,1-3H3. The summed E-state index contributed by atoms with van der Waals surface area (Å²) in [4.78, 5) is 0. The maximum Gasteiger partial charge on any atom is 0.0354 e. The van der Waals surface area contributed by atoms with Crippen molar-refractivity contribution < 1.29 is 0 Å². The van der Waals surface area contributed by atoms with Gasteiger partial charge in [-0.3, -0.25) is 5.43 Å². The Morgan fingerprint density at radius 2 is 2.27 bits per heavy atom. The van der Waals surface area contributed by atoms with Gasteiger partial charge in [0.25, 0.3) is 0 Å². The molecule has 66 valence electrons. The van der Waals surface area contributed by atoms with E-state index in [1.165, 1.54) is 0 Å². The van der Waals surface area contributed by atoms with Crippen LogP contribution in [0.15, 0.2) is 0 Å². The van der Waals surface area contributed by atoms with Crippen LogP contribution < -0.4 is 11.2 Å². The lowest BCUT2D eigenvalue weighted by Crippen LogP contribution is -2.61. The fraction of sp³-hybridized carbons (Fsp3) is 1.00. The van der Waals surface area contributed by atoms with E-state index in [9.17, 15) is 0 Å². The topological polar surface area (TPSA) is 41.3 Å². The summed E-state index contributed by atoms with van der Waals surface area (Å²) >= 11 is 0. The molecule has 1 aliphatic heterocycles. The molecule has 1 saturated heterocycles. The first-order chi connectivity index (χ1) is 4.99. The van der Waals surface area contributed by atoms with Gasteiger partial charge in [-0.15, -0.1) is 0 Å². The van der Waals surface area contributed by atoms with E-state index in [1.54, 1.807) is 0 Å². The van der Waals surface area contributed by atoms with Crippen LogP contribution in [0.3, 0.4) is 0 Å². The Bertz CT molecular complexity index is 128. The van der Waals surface area contributed by atoms with Crippen LogP contribution >= 0.6 is 0 Å². The van der Waals surface area contributed by atoms with Crippen LogP contribution in [0.4, 0.5) is 0 Å². The van der Waals surface area contributed by atoms with E-state index >= 15 is 0 Å². The summed E-state index contributed by atoms with van der Waals surface area (Å²) in [5.41, 5.74) is 9.07. The van der Waals surface area contributed by atoms with Crippen LogP contribution in [-0.4, -0.2) is 29.7 Å². The molecule has 0 aromatic heterocycles. The van der Waals surface area contributed by atoms with E-state index in [1.807, 2.05) is 0 Å². The van der Waals surface area contributed by atoms with Gasteiger partial charge < -0.3 is 5.73 Å². The molecule has 0 bridgehead atoms. The molecule has 1 atom stereocenters. The largest absolute Gasteiger partial charge is 0.326 e. The zero-order valence-electron chi connectivity index (χ0n) is 7.72. The quantitative estimate of drug-likeness (QED) is 0.620. The fourth-order valence-electron chi connectivity index (χ4n) is 1.11. The van der Waals surface area contributed by atoms with Gasteiger partial charge in [-0.25, -0.2) is 5.01 Å². The molecule has 1 aliphatic rings. The second-order valence-electron chi connectivity index (χ2n) is 4.14. The van der Waals surface area contributed by atoms with Gasteiger partial charge in [0.1, 0.15) is 0 Å². The second kappa shape index (κ2) is 3.09. The van der Waals surface area contributed by atoms with Crippen LogP contribution in [0, 0.1) is 0 Å². The molecule has 0 aromatic carbocycles. The van der Waals surface area contributed by atoms with Crippen LogP contribution in [-0.2, 0) is 0 Å². The van der Waals surface area contributed by atoms with Gasteiger partial charge in [0.05, 0.1) is 0 Å². The summed E-state index contributed by atoms with van der Waals surface area (Å²) in [5.74, 6) is 0. The van der Waals surface area contributed by atoms with Crippen molar-refractivity contribution in [2.75, 3.05) is 13.1 Å². The molecule has 1 fully saturated rings. The first-order valence-corrected chi connectivity index (χ1v) is 4.28. The zero-order valence-corrected chi connectivity index (χ0v) is 7.72. The summed E-state index contributed by atoms with van der Waals surface area (Å²) in [5, 5.41) is 2.24. The fourth-order valence-corrected chi connectivity index (χ4v) is 1.11. The molecule has 0 spiro atoms. The molecule has 0 amide bonds. The molecule has 3 heteroatoms. The Balaban J connectivity index is 2.12. The lowest BCUT2D eigenvalue weighted by atomic mass is 10.0. The van der Waals surface area contributed by atoms with Gasteiger partial charge in [-0.1, -0.05) is 0 Å². The Hall–Kier alpha value is -0.120. The maximum absolute atomic E-state index is 5.85. The molecule has 1 rings (SSSR count). The highest BCUT2D eigenvalue weighted by molar-refractivity contribution is 4.79. The molecule has 1 heterocycles. The van der Waals surface area contributed by atoms with E-state index in [0.717, 1.165) is 19.5 Å². The molecule has 0 aromatic rings. The number of nitrogens with two attached hydrogens (primary N) is 1. The normalized spacial score (nSPS) is 26.7. The molecular formula is C8H19N3. The van der Waals surface area contributed by atoms with Gasteiger partial charge in [0.15, 0.2) is 0 Å². The van der Waals surface area contributed by atoms with Gasteiger partial charge in [0.2, 0.25) is 0 Å². The predicted molar refractivity (Wildman–Crippen MR) is 47.1 cm³/mol. The van der Waals surface area contributed by atoms with E-state index in [2.05, 4.69) is 31.2 Å². The number of hydrogen-bond donors (Lipinski definition) is 2. The summed E-state index contributed by atoms with van der Waals surface area (Å²) < 4.78 is 0. The number of hydrogen-bond acceptors (Lipinski definition) is 3. The molecule has 3 nitrogen and oxygen atoms in total. The number of nitrogens with one attached hydrogen (secondary N) is 1. The second-order valence-corrected chi connectivity index (χ2v) is 4.14. The molecule has 0 radical (unpaired) electrons. The third-order valence-electron chi connectivity index (χ3n) is 2.12. The Labute approximate surface area is 68.9 Å². The molecule has 1 unspecified atom stereocenters. The van der Waals surface area contributed by atoms with E-state index in [4.69, 9.17) is 5.73 Å². The number of nitrogens with zero attached hydrogens (tertiary/aromatic N) is 1. The number of hydrazine groups is 1. The van der Waals surface area contributed by atoms with Crippen molar-refractivity contribution in [1.29, 1.82) is 0 Å². The summed E-state index contributed by atoms with van der Waals surface area (Å²) in [6, 6.07) is 0.692. The lowest BCUT2D eigenvalue weighted by Gasteiger charge is -2.40. The number of rotatable bonds is 3. The van der Waals surface area contributed by atoms with Crippen molar-refractivity contribution in [1.82, 2.24) is 10.4 Å². The van der Waals surface area contributed by atoms with Crippen molar-refractivity contribution >= 4 is 0 Å². The van der Waals surface area contributed by atoms with Gasteiger partial charge in [-0.05, 0) is 27.2 Å². The average Bonchev–Trinajstić information content (AvgIpc) is 1.82. The molecular weight excluding hydrogens is 138 g/mol. The first-order valence-electron chi connectivity index (χ1n) is 4.28. The molecule has 0 aliphatic carbocycles. The zero-order chi connectivity index (χ0) is 8.48. The highest BCUT2D eigenvalue weighted by atomic mass is 15.6. The summed E-state index contributed by atoms with van der Waals surface area (Å²) in [6.45, 7) is 8.53. The molecule has 3 N–H and O–H groups in total. The average molecular weight is 157 g/mol. The minimum atomic E-state index is -0.0308. The first kappa shape index (κ1) is 8.97. The molecule has 11 heavy (non-hydrogen) atoms. The smallest absolute Gasteiger partial charge is 0.0354 e. The monoisotopic (exact) mass is 157 g/mol. The van der Waals surface area contributed by atoms with Gasteiger partial charge >= 0.3 is 0 Å². The van der Waals surface area contributed by atoms with Gasteiger partial charge in [-0.2, -0.15) is 0 Å². The van der Waals surface area contributed by atoms with Crippen molar-refractivity contribution in [3.63, 3.8) is 0 Å². The third-order valence-corrected chi connectivity index (χ3v) is 2.12. The Kier molecular flexibility index (Phi) is 2.52. The van der Waals surface area contributed by atoms with Crippen LogP contribution in [0.1, 0.15) is 27.2 Å². The van der Waals surface area contributed by atoms with Crippen LogP contribution in [0.5, 0.6) is 0 Å². The van der Waals surface area contributed by atoms with E-state index in [0.29, 0.717) is 6.04 Å². The Morgan fingerprint density at radius 1 is 1.64 bits per heavy atom. The minimum absolute atomic E-state index is 0.0308. The SMILES string of the molecule is CC1CNN1CCC(C)(C)N. The van der Waals surface area contributed by atoms with E-state index in [-0.39, 0.29) is 5.54 Å². The van der Waals surface area contributed by atoms with Crippen LogP contribution in [0.2, 0.25) is 0 Å². The van der Waals surface area contributed by atoms with E-state index < -0.39 is 0 Å².